The first kappa shape index (κ1) is 18.6. The lowest BCUT2D eigenvalue weighted by molar-refractivity contribution is 0.354. The molecule has 7 nitrogen and oxygen atoms in total. The highest BCUT2D eigenvalue weighted by molar-refractivity contribution is 6.18. The third-order valence-corrected chi connectivity index (χ3v) is 4.44. The zero-order valence-corrected chi connectivity index (χ0v) is 16.1. The summed E-state index contributed by atoms with van der Waals surface area (Å²) in [7, 11) is 6.37. The number of benzene rings is 2. The lowest BCUT2D eigenvalue weighted by atomic mass is 9.93. The molecule has 2 N–H and O–H groups in total. The highest BCUT2D eigenvalue weighted by Gasteiger charge is 2.22. The van der Waals surface area contributed by atoms with E-state index in [1.165, 1.54) is 0 Å². The summed E-state index contributed by atoms with van der Waals surface area (Å²) in [4.78, 5) is 0. The van der Waals surface area contributed by atoms with Gasteiger partial charge in [0.15, 0.2) is 23.0 Å². The van der Waals surface area contributed by atoms with Gasteiger partial charge < -0.3 is 24.7 Å². The van der Waals surface area contributed by atoms with Crippen LogP contribution >= 0.6 is 0 Å². The molecule has 0 saturated carbocycles. The Bertz CT molecular complexity index is 935. The smallest absolute Gasteiger partial charge is 0.162 e. The van der Waals surface area contributed by atoms with Crippen LogP contribution < -0.4 is 24.7 Å². The minimum Gasteiger partial charge on any atom is -0.493 e. The molecule has 0 saturated heterocycles. The topological polar surface area (TPSA) is 87.7 Å². The Morgan fingerprint density at radius 2 is 1.26 bits per heavy atom. The molecule has 1 aliphatic heterocycles. The molecule has 7 heteroatoms. The maximum Gasteiger partial charge on any atom is 0.162 e. The van der Waals surface area contributed by atoms with Gasteiger partial charge in [-0.2, -0.15) is 5.10 Å². The van der Waals surface area contributed by atoms with E-state index in [1.807, 2.05) is 25.1 Å². The SMILES string of the molecule is COc1cc(N)c(C2=NN=C(C)Cc3cc(OC)c(OC)cc32)cc1OC. The zero-order chi connectivity index (χ0) is 19.6. The van der Waals surface area contributed by atoms with Gasteiger partial charge in [-0.3, -0.25) is 0 Å². The van der Waals surface area contributed by atoms with Crippen molar-refractivity contribution in [1.82, 2.24) is 0 Å². The van der Waals surface area contributed by atoms with E-state index in [0.29, 0.717) is 46.4 Å². The Balaban J connectivity index is 2.26. The second kappa shape index (κ2) is 7.57. The van der Waals surface area contributed by atoms with E-state index in [0.717, 1.165) is 16.8 Å². The van der Waals surface area contributed by atoms with E-state index in [2.05, 4.69) is 10.2 Å². The van der Waals surface area contributed by atoms with Crippen molar-refractivity contribution < 1.29 is 18.9 Å². The summed E-state index contributed by atoms with van der Waals surface area (Å²) < 4.78 is 21.7. The molecule has 0 radical (unpaired) electrons. The standard InChI is InChI=1S/C20H23N3O4/c1-11-6-12-7-16(24-2)17(25-3)8-13(12)20(23-22-11)14-9-18(26-4)19(27-5)10-15(14)21/h7-10H,6,21H2,1-5H3. The van der Waals surface area contributed by atoms with E-state index in [-0.39, 0.29) is 0 Å². The molecule has 2 aromatic carbocycles. The Labute approximate surface area is 158 Å². The van der Waals surface area contributed by atoms with Gasteiger partial charge in [0, 0.05) is 35.0 Å². The van der Waals surface area contributed by atoms with Crippen molar-refractivity contribution in [1.29, 1.82) is 0 Å². The predicted molar refractivity (Wildman–Crippen MR) is 106 cm³/mol. The summed E-state index contributed by atoms with van der Waals surface area (Å²) in [6, 6.07) is 7.38. The molecule has 0 unspecified atom stereocenters. The minimum absolute atomic E-state index is 0.516. The molecule has 0 amide bonds. The Morgan fingerprint density at radius 3 is 1.85 bits per heavy atom. The number of nitrogen functional groups attached to an aromatic ring is 1. The molecule has 0 atom stereocenters. The Kier molecular flexibility index (Phi) is 5.21. The number of anilines is 1. The third kappa shape index (κ3) is 3.40. The lowest BCUT2D eigenvalue weighted by Crippen LogP contribution is -2.11. The first-order chi connectivity index (χ1) is 13.0. The van der Waals surface area contributed by atoms with Crippen LogP contribution in [0.5, 0.6) is 23.0 Å². The summed E-state index contributed by atoms with van der Waals surface area (Å²) in [6.07, 6.45) is 0.649. The highest BCUT2D eigenvalue weighted by atomic mass is 16.5. The van der Waals surface area contributed by atoms with Crippen LogP contribution in [0.1, 0.15) is 23.6 Å². The summed E-state index contributed by atoms with van der Waals surface area (Å²) >= 11 is 0. The van der Waals surface area contributed by atoms with Gasteiger partial charge in [-0.15, -0.1) is 5.10 Å². The highest BCUT2D eigenvalue weighted by Crippen LogP contribution is 2.37. The fourth-order valence-corrected chi connectivity index (χ4v) is 3.09. The molecule has 27 heavy (non-hydrogen) atoms. The van der Waals surface area contributed by atoms with Crippen LogP contribution in [0.25, 0.3) is 0 Å². The van der Waals surface area contributed by atoms with Crippen molar-refractivity contribution in [3.63, 3.8) is 0 Å². The lowest BCUT2D eigenvalue weighted by Gasteiger charge is -2.17. The van der Waals surface area contributed by atoms with Crippen molar-refractivity contribution in [2.75, 3.05) is 34.2 Å². The number of rotatable bonds is 5. The molecule has 0 aliphatic carbocycles. The van der Waals surface area contributed by atoms with E-state index < -0.39 is 0 Å². The second-order valence-corrected chi connectivity index (χ2v) is 6.12. The van der Waals surface area contributed by atoms with E-state index in [1.54, 1.807) is 34.5 Å². The van der Waals surface area contributed by atoms with Crippen LogP contribution in [0, 0.1) is 0 Å². The third-order valence-electron chi connectivity index (χ3n) is 4.44. The summed E-state index contributed by atoms with van der Waals surface area (Å²) in [5, 5.41) is 8.81. The Morgan fingerprint density at radius 1 is 0.741 bits per heavy atom. The number of fused-ring (bicyclic) bond motifs is 1. The van der Waals surface area contributed by atoms with Crippen molar-refractivity contribution in [2.24, 2.45) is 10.2 Å². The molecular formula is C20H23N3O4. The second-order valence-electron chi connectivity index (χ2n) is 6.12. The largest absolute Gasteiger partial charge is 0.493 e. The number of hydrogen-bond donors (Lipinski definition) is 1. The fourth-order valence-electron chi connectivity index (χ4n) is 3.09. The molecule has 1 heterocycles. The molecular weight excluding hydrogens is 346 g/mol. The minimum atomic E-state index is 0.516. The first-order valence-electron chi connectivity index (χ1n) is 8.40. The normalized spacial score (nSPS) is 13.1. The predicted octanol–water partition coefficient (Wildman–Crippen LogP) is 3.07. The summed E-state index contributed by atoms with van der Waals surface area (Å²) in [6.45, 7) is 1.94. The fraction of sp³-hybridized carbons (Fsp3) is 0.300. The maximum atomic E-state index is 6.30. The molecule has 2 aromatic rings. The number of ether oxygens (including phenoxy) is 4. The number of methoxy groups -OCH3 is 4. The quantitative estimate of drug-likeness (QED) is 0.819. The molecule has 0 bridgehead atoms. The molecule has 0 fully saturated rings. The molecule has 0 aromatic heterocycles. The van der Waals surface area contributed by atoms with Gasteiger partial charge in [0.2, 0.25) is 0 Å². The van der Waals surface area contributed by atoms with E-state index >= 15 is 0 Å². The van der Waals surface area contributed by atoms with Crippen LogP contribution in [-0.4, -0.2) is 39.9 Å². The zero-order valence-electron chi connectivity index (χ0n) is 16.1. The van der Waals surface area contributed by atoms with Gasteiger partial charge in [-0.25, -0.2) is 0 Å². The van der Waals surface area contributed by atoms with Crippen LogP contribution in [0.2, 0.25) is 0 Å². The number of hydrogen-bond acceptors (Lipinski definition) is 7. The molecule has 0 spiro atoms. The molecule has 1 aliphatic rings. The number of nitrogens with zero attached hydrogens (tertiary/aromatic N) is 2. The van der Waals surface area contributed by atoms with Gasteiger partial charge >= 0.3 is 0 Å². The van der Waals surface area contributed by atoms with Crippen LogP contribution in [-0.2, 0) is 6.42 Å². The first-order valence-corrected chi connectivity index (χ1v) is 8.40. The van der Waals surface area contributed by atoms with Gasteiger partial charge in [0.1, 0.15) is 5.71 Å². The van der Waals surface area contributed by atoms with Crippen molar-refractivity contribution in [3.05, 3.63) is 41.0 Å². The van der Waals surface area contributed by atoms with Gasteiger partial charge in [0.25, 0.3) is 0 Å². The van der Waals surface area contributed by atoms with Gasteiger partial charge in [-0.1, -0.05) is 0 Å². The summed E-state index contributed by atoms with van der Waals surface area (Å²) in [5.41, 5.74) is 11.0. The van der Waals surface area contributed by atoms with Crippen LogP contribution in [0.15, 0.2) is 34.5 Å². The van der Waals surface area contributed by atoms with Crippen LogP contribution in [0.4, 0.5) is 5.69 Å². The maximum absolute atomic E-state index is 6.30. The number of nitrogens with two attached hydrogens (primary N) is 1. The average molecular weight is 369 g/mol. The Hall–Kier alpha value is -3.22. The van der Waals surface area contributed by atoms with E-state index in [4.69, 9.17) is 24.7 Å². The van der Waals surface area contributed by atoms with Gasteiger partial charge in [-0.05, 0) is 30.7 Å². The average Bonchev–Trinajstić information content (AvgIpc) is 2.84. The van der Waals surface area contributed by atoms with Crippen molar-refractivity contribution in [2.45, 2.75) is 13.3 Å². The van der Waals surface area contributed by atoms with E-state index in [9.17, 15) is 0 Å². The monoisotopic (exact) mass is 369 g/mol. The van der Waals surface area contributed by atoms with Crippen molar-refractivity contribution in [3.8, 4) is 23.0 Å². The molecule has 142 valence electrons. The van der Waals surface area contributed by atoms with Gasteiger partial charge in [0.05, 0.1) is 28.4 Å². The molecule has 3 rings (SSSR count). The van der Waals surface area contributed by atoms with Crippen LogP contribution in [0.3, 0.4) is 0 Å². The summed E-state index contributed by atoms with van der Waals surface area (Å²) in [5.74, 6) is 2.39. The van der Waals surface area contributed by atoms with Crippen molar-refractivity contribution >= 4 is 17.1 Å².